The number of hydrogen-bond donors (Lipinski definition) is 0. The second-order valence-corrected chi connectivity index (χ2v) is 4.10. The molecule has 1 aliphatic heterocycles. The van der Waals surface area contributed by atoms with E-state index in [9.17, 15) is 10.1 Å². The van der Waals surface area contributed by atoms with Gasteiger partial charge < -0.3 is 9.64 Å². The highest BCUT2D eigenvalue weighted by atomic mass is 32.1. The summed E-state index contributed by atoms with van der Waals surface area (Å²) in [6.45, 7) is 2.89. The van der Waals surface area contributed by atoms with Crippen molar-refractivity contribution in [3.8, 4) is 0 Å². The summed E-state index contributed by atoms with van der Waals surface area (Å²) in [7, 11) is 0. The Balaban J connectivity index is 2.10. The molecule has 90 valence electrons. The molecule has 1 saturated heterocycles. The van der Waals surface area contributed by atoms with Crippen LogP contribution in [0, 0.1) is 10.1 Å². The number of benzene rings is 1. The summed E-state index contributed by atoms with van der Waals surface area (Å²) in [5, 5.41) is 10.5. The van der Waals surface area contributed by atoms with Crippen molar-refractivity contribution < 1.29 is 9.66 Å². The van der Waals surface area contributed by atoms with E-state index in [-0.39, 0.29) is 5.69 Å². The molecule has 0 amide bonds. The maximum Gasteiger partial charge on any atom is 0.269 e. The monoisotopic (exact) mass is 252 g/mol. The zero-order valence-electron chi connectivity index (χ0n) is 9.17. The van der Waals surface area contributed by atoms with Crippen LogP contribution < -0.4 is 0 Å². The van der Waals surface area contributed by atoms with Crippen molar-refractivity contribution in [1.82, 2.24) is 4.90 Å². The SMILES string of the molecule is O=[N+]([O-])c1ccc(C(=S)N2CCOCC2)cc1. The molecule has 0 bridgehead atoms. The topological polar surface area (TPSA) is 55.6 Å². The molecule has 1 aromatic carbocycles. The Hall–Kier alpha value is -1.53. The molecule has 0 aliphatic carbocycles. The molecule has 0 spiro atoms. The standard InChI is InChI=1S/C11H12N2O3S/c14-13(15)10-3-1-9(2-4-10)11(17)12-5-7-16-8-6-12/h1-4H,5-8H2. The molecule has 1 heterocycles. The zero-order chi connectivity index (χ0) is 12.3. The van der Waals surface area contributed by atoms with E-state index in [0.717, 1.165) is 23.6 Å². The van der Waals surface area contributed by atoms with Crippen LogP contribution in [-0.2, 0) is 4.74 Å². The van der Waals surface area contributed by atoms with E-state index in [1.165, 1.54) is 12.1 Å². The zero-order valence-corrected chi connectivity index (χ0v) is 9.98. The largest absolute Gasteiger partial charge is 0.378 e. The summed E-state index contributed by atoms with van der Waals surface area (Å²) in [6, 6.07) is 6.33. The van der Waals surface area contributed by atoms with Gasteiger partial charge in [0.25, 0.3) is 5.69 Å². The van der Waals surface area contributed by atoms with Crippen LogP contribution in [0.2, 0.25) is 0 Å². The van der Waals surface area contributed by atoms with Crippen molar-refractivity contribution >= 4 is 22.9 Å². The van der Waals surface area contributed by atoms with Gasteiger partial charge in [0.05, 0.1) is 18.1 Å². The Morgan fingerprint density at radius 1 is 1.29 bits per heavy atom. The number of hydrogen-bond acceptors (Lipinski definition) is 4. The van der Waals surface area contributed by atoms with Crippen molar-refractivity contribution in [3.05, 3.63) is 39.9 Å². The number of ether oxygens (including phenoxy) is 1. The maximum absolute atomic E-state index is 10.5. The van der Waals surface area contributed by atoms with Gasteiger partial charge in [0.1, 0.15) is 4.99 Å². The minimum atomic E-state index is -0.415. The molecule has 0 radical (unpaired) electrons. The molecular formula is C11H12N2O3S. The van der Waals surface area contributed by atoms with Crippen LogP contribution in [0.15, 0.2) is 24.3 Å². The van der Waals surface area contributed by atoms with Gasteiger partial charge >= 0.3 is 0 Å². The molecule has 5 nitrogen and oxygen atoms in total. The van der Waals surface area contributed by atoms with Gasteiger partial charge in [0, 0.05) is 30.8 Å². The number of nitro groups is 1. The van der Waals surface area contributed by atoms with Crippen LogP contribution in [0.5, 0.6) is 0 Å². The van der Waals surface area contributed by atoms with Gasteiger partial charge in [-0.05, 0) is 12.1 Å². The van der Waals surface area contributed by atoms with Crippen molar-refractivity contribution in [2.75, 3.05) is 26.3 Å². The van der Waals surface area contributed by atoms with E-state index in [2.05, 4.69) is 4.90 Å². The number of thiocarbonyl (C=S) groups is 1. The lowest BCUT2D eigenvalue weighted by atomic mass is 10.2. The smallest absolute Gasteiger partial charge is 0.269 e. The quantitative estimate of drug-likeness (QED) is 0.454. The Morgan fingerprint density at radius 2 is 1.88 bits per heavy atom. The van der Waals surface area contributed by atoms with E-state index in [4.69, 9.17) is 17.0 Å². The number of non-ortho nitro benzene ring substituents is 1. The number of morpholine rings is 1. The summed E-state index contributed by atoms with van der Waals surface area (Å²) in [5.74, 6) is 0. The van der Waals surface area contributed by atoms with Crippen molar-refractivity contribution in [3.63, 3.8) is 0 Å². The summed E-state index contributed by atoms with van der Waals surface area (Å²) in [5.41, 5.74) is 0.922. The first-order valence-corrected chi connectivity index (χ1v) is 5.71. The highest BCUT2D eigenvalue weighted by Gasteiger charge is 2.15. The van der Waals surface area contributed by atoms with Gasteiger partial charge in [-0.25, -0.2) is 0 Å². The summed E-state index contributed by atoms with van der Waals surface area (Å²) >= 11 is 5.35. The average molecular weight is 252 g/mol. The molecule has 1 fully saturated rings. The average Bonchev–Trinajstić information content (AvgIpc) is 2.39. The van der Waals surface area contributed by atoms with Crippen LogP contribution in [0.25, 0.3) is 0 Å². The van der Waals surface area contributed by atoms with E-state index in [0.29, 0.717) is 13.2 Å². The first-order chi connectivity index (χ1) is 8.18. The third-order valence-corrected chi connectivity index (χ3v) is 3.12. The molecule has 17 heavy (non-hydrogen) atoms. The van der Waals surface area contributed by atoms with Crippen LogP contribution >= 0.6 is 12.2 Å². The molecule has 0 saturated carbocycles. The third kappa shape index (κ3) is 2.78. The Kier molecular flexibility index (Phi) is 3.65. The summed E-state index contributed by atoms with van der Waals surface area (Å²) in [6.07, 6.45) is 0. The van der Waals surface area contributed by atoms with Crippen molar-refractivity contribution in [1.29, 1.82) is 0 Å². The predicted molar refractivity (Wildman–Crippen MR) is 67.2 cm³/mol. The molecule has 2 rings (SSSR count). The van der Waals surface area contributed by atoms with Crippen LogP contribution in [0.4, 0.5) is 5.69 Å². The van der Waals surface area contributed by atoms with Crippen LogP contribution in [-0.4, -0.2) is 41.1 Å². The fraction of sp³-hybridized carbons (Fsp3) is 0.364. The second kappa shape index (κ2) is 5.20. The van der Waals surface area contributed by atoms with Gasteiger partial charge in [-0.2, -0.15) is 0 Å². The number of nitro benzene ring substituents is 1. The first-order valence-electron chi connectivity index (χ1n) is 5.30. The van der Waals surface area contributed by atoms with E-state index < -0.39 is 4.92 Å². The van der Waals surface area contributed by atoms with E-state index in [1.54, 1.807) is 12.1 Å². The van der Waals surface area contributed by atoms with Crippen molar-refractivity contribution in [2.24, 2.45) is 0 Å². The lowest BCUT2D eigenvalue weighted by Gasteiger charge is -2.29. The lowest BCUT2D eigenvalue weighted by molar-refractivity contribution is -0.384. The van der Waals surface area contributed by atoms with Crippen LogP contribution in [0.3, 0.4) is 0 Å². The predicted octanol–water partition coefficient (Wildman–Crippen LogP) is 1.60. The Labute approximate surface area is 104 Å². The maximum atomic E-state index is 10.5. The van der Waals surface area contributed by atoms with Gasteiger partial charge in [-0.3, -0.25) is 10.1 Å². The summed E-state index contributed by atoms with van der Waals surface area (Å²) < 4.78 is 5.25. The summed E-state index contributed by atoms with van der Waals surface area (Å²) in [4.78, 5) is 12.9. The second-order valence-electron chi connectivity index (χ2n) is 3.71. The molecule has 1 aromatic rings. The fourth-order valence-electron chi connectivity index (χ4n) is 1.67. The molecule has 0 atom stereocenters. The van der Waals surface area contributed by atoms with E-state index >= 15 is 0 Å². The van der Waals surface area contributed by atoms with Crippen LogP contribution in [0.1, 0.15) is 5.56 Å². The van der Waals surface area contributed by atoms with Crippen molar-refractivity contribution in [2.45, 2.75) is 0 Å². The molecular weight excluding hydrogens is 240 g/mol. The molecule has 0 aromatic heterocycles. The third-order valence-electron chi connectivity index (χ3n) is 2.62. The molecule has 1 aliphatic rings. The first kappa shape index (κ1) is 11.9. The minimum Gasteiger partial charge on any atom is -0.378 e. The number of rotatable bonds is 2. The van der Waals surface area contributed by atoms with E-state index in [1.807, 2.05) is 0 Å². The normalized spacial score (nSPS) is 15.6. The highest BCUT2D eigenvalue weighted by molar-refractivity contribution is 7.80. The van der Waals surface area contributed by atoms with Gasteiger partial charge in [0.15, 0.2) is 0 Å². The minimum absolute atomic E-state index is 0.0820. The Morgan fingerprint density at radius 3 is 2.41 bits per heavy atom. The van der Waals surface area contributed by atoms with Gasteiger partial charge in [0.2, 0.25) is 0 Å². The highest BCUT2D eigenvalue weighted by Crippen LogP contribution is 2.14. The Bertz CT molecular complexity index is 427. The fourth-order valence-corrected chi connectivity index (χ4v) is 1.99. The molecule has 0 N–H and O–H groups in total. The van der Waals surface area contributed by atoms with Gasteiger partial charge in [-0.1, -0.05) is 12.2 Å². The lowest BCUT2D eigenvalue weighted by Crippen LogP contribution is -2.40. The van der Waals surface area contributed by atoms with Gasteiger partial charge in [-0.15, -0.1) is 0 Å². The molecule has 6 heteroatoms. The number of nitrogens with zero attached hydrogens (tertiary/aromatic N) is 2. The molecule has 0 unspecified atom stereocenters.